The lowest BCUT2D eigenvalue weighted by Crippen LogP contribution is -2.28. The highest BCUT2D eigenvalue weighted by Crippen LogP contribution is 2.48. The van der Waals surface area contributed by atoms with Crippen LogP contribution in [0, 0.1) is 17.8 Å². The van der Waals surface area contributed by atoms with Gasteiger partial charge in [-0.2, -0.15) is 0 Å². The van der Waals surface area contributed by atoms with E-state index in [0.29, 0.717) is 17.8 Å². The van der Waals surface area contributed by atoms with E-state index in [0.717, 1.165) is 31.4 Å². The van der Waals surface area contributed by atoms with E-state index in [4.69, 9.17) is 20.1 Å². The molecule has 0 spiro atoms. The van der Waals surface area contributed by atoms with Gasteiger partial charge < -0.3 is 25.2 Å². The second kappa shape index (κ2) is 11.9. The smallest absolute Gasteiger partial charge is 0.341 e. The Balaban J connectivity index is 0.000000469. The van der Waals surface area contributed by atoms with Gasteiger partial charge in [0.2, 0.25) is 0 Å². The third kappa shape index (κ3) is 6.97. The zero-order chi connectivity index (χ0) is 22.1. The second-order valence-corrected chi connectivity index (χ2v) is 8.00. The van der Waals surface area contributed by atoms with Gasteiger partial charge in [-0.25, -0.2) is 4.79 Å². The number of carbonyl (C=O) groups is 2. The van der Waals surface area contributed by atoms with Crippen LogP contribution in [-0.4, -0.2) is 58.9 Å². The van der Waals surface area contributed by atoms with Gasteiger partial charge in [-0.05, 0) is 80.5 Å². The van der Waals surface area contributed by atoms with Crippen LogP contribution in [0.15, 0.2) is 18.2 Å². The van der Waals surface area contributed by atoms with Gasteiger partial charge in [-0.3, -0.25) is 10.1 Å². The van der Waals surface area contributed by atoms with E-state index in [-0.39, 0.29) is 19.6 Å². The maximum atomic E-state index is 10.8. The molecule has 4 atom stereocenters. The predicted molar refractivity (Wildman–Crippen MR) is 110 cm³/mol. The van der Waals surface area contributed by atoms with Crippen LogP contribution in [0.2, 0.25) is 0 Å². The van der Waals surface area contributed by atoms with Crippen molar-refractivity contribution in [2.45, 2.75) is 51.2 Å². The average molecular weight is 424 g/mol. The van der Waals surface area contributed by atoms with E-state index in [9.17, 15) is 14.7 Å². The Labute approximate surface area is 176 Å². The summed E-state index contributed by atoms with van der Waals surface area (Å²) in [6.45, 7) is -0.551. The zero-order valence-electron chi connectivity index (χ0n) is 17.4. The van der Waals surface area contributed by atoms with Crippen LogP contribution >= 0.6 is 0 Å². The van der Waals surface area contributed by atoms with Crippen LogP contribution in [0.25, 0.3) is 0 Å². The summed E-state index contributed by atoms with van der Waals surface area (Å²) in [5.41, 5.74) is 2.51. The summed E-state index contributed by atoms with van der Waals surface area (Å²) in [6.07, 6.45) is 5.79. The van der Waals surface area contributed by atoms with E-state index in [1.54, 1.807) is 7.05 Å². The fourth-order valence-electron chi connectivity index (χ4n) is 4.62. The lowest BCUT2D eigenvalue weighted by Gasteiger charge is -2.32. The molecule has 2 aliphatic rings. The van der Waals surface area contributed by atoms with Gasteiger partial charge in [-0.1, -0.05) is 12.1 Å². The highest BCUT2D eigenvalue weighted by Gasteiger charge is 2.39. The highest BCUT2D eigenvalue weighted by molar-refractivity contribution is 5.68. The van der Waals surface area contributed by atoms with Gasteiger partial charge in [0.25, 0.3) is 0 Å². The topological polar surface area (TPSA) is 136 Å². The molecule has 0 aromatic heterocycles. The molecule has 2 aliphatic carbocycles. The molecule has 4 unspecified atom stereocenters. The van der Waals surface area contributed by atoms with Crippen LogP contribution in [0.1, 0.15) is 43.2 Å². The Bertz CT molecular complexity index is 709. The summed E-state index contributed by atoms with van der Waals surface area (Å²) >= 11 is 0. The molecule has 1 aromatic rings. The van der Waals surface area contributed by atoms with Gasteiger partial charge in [0, 0.05) is 0 Å². The summed E-state index contributed by atoms with van der Waals surface area (Å²) in [4.78, 5) is 20.2. The van der Waals surface area contributed by atoms with Crippen molar-refractivity contribution in [3.8, 4) is 5.75 Å². The first kappa shape index (κ1) is 24.1. The molecule has 0 radical (unpaired) electrons. The number of nitrogens with one attached hydrogen (secondary N) is 1. The Morgan fingerprint density at radius 1 is 1.20 bits per heavy atom. The summed E-state index contributed by atoms with van der Waals surface area (Å²) in [6, 6.07) is 6.00. The lowest BCUT2D eigenvalue weighted by atomic mass is 9.74. The molecule has 3 rings (SSSR count). The molecule has 8 nitrogen and oxygen atoms in total. The van der Waals surface area contributed by atoms with Crippen LogP contribution in [0.5, 0.6) is 5.75 Å². The van der Waals surface area contributed by atoms with Gasteiger partial charge >= 0.3 is 11.9 Å². The van der Waals surface area contributed by atoms with Gasteiger partial charge in [0.1, 0.15) is 12.0 Å². The van der Waals surface area contributed by atoms with Crippen molar-refractivity contribution >= 4 is 11.9 Å². The van der Waals surface area contributed by atoms with Crippen molar-refractivity contribution < 1.29 is 34.8 Å². The average Bonchev–Trinajstić information content (AvgIpc) is 3.11. The van der Waals surface area contributed by atoms with Crippen molar-refractivity contribution in [2.24, 2.45) is 17.8 Å². The molecule has 168 valence electrons. The van der Waals surface area contributed by atoms with Crippen LogP contribution in [0.3, 0.4) is 0 Å². The van der Waals surface area contributed by atoms with Crippen molar-refractivity contribution in [1.82, 2.24) is 5.32 Å². The first-order valence-corrected chi connectivity index (χ1v) is 10.5. The summed E-state index contributed by atoms with van der Waals surface area (Å²) in [5.74, 6) is 0.847. The Hall–Kier alpha value is -2.16. The Kier molecular flexibility index (Phi) is 9.55. The molecule has 30 heavy (non-hydrogen) atoms. The van der Waals surface area contributed by atoms with Crippen molar-refractivity contribution in [2.75, 3.05) is 20.3 Å². The molecule has 0 bridgehead atoms. The molecule has 0 amide bonds. The highest BCUT2D eigenvalue weighted by atomic mass is 16.5. The molecule has 1 saturated carbocycles. The van der Waals surface area contributed by atoms with E-state index in [2.05, 4.69) is 11.4 Å². The van der Waals surface area contributed by atoms with Crippen LogP contribution in [-0.2, 0) is 22.4 Å². The summed E-state index contributed by atoms with van der Waals surface area (Å²) in [5, 5.41) is 37.1. The number of hydrogen-bond donors (Lipinski definition) is 5. The largest absolute Gasteiger partial charge is 0.482 e. The molecule has 8 heteroatoms. The van der Waals surface area contributed by atoms with Crippen molar-refractivity contribution in [3.05, 3.63) is 29.3 Å². The predicted octanol–water partition coefficient (Wildman–Crippen LogP) is 1.66. The molecule has 0 saturated heterocycles. The van der Waals surface area contributed by atoms with Gasteiger partial charge in [-0.15, -0.1) is 0 Å². The minimum Gasteiger partial charge on any atom is -0.482 e. The van der Waals surface area contributed by atoms with Gasteiger partial charge in [0.05, 0.1) is 13.0 Å². The Morgan fingerprint density at radius 3 is 2.57 bits per heavy atom. The number of rotatable bonds is 9. The first-order valence-electron chi connectivity index (χ1n) is 10.5. The molecule has 1 aromatic carbocycles. The number of aliphatic hydroxyl groups excluding tert-OH is 2. The number of carboxylic acids is 2. The quantitative estimate of drug-likeness (QED) is 0.378. The van der Waals surface area contributed by atoms with E-state index in [1.807, 2.05) is 12.1 Å². The SMILES string of the molecule is CNC(O)CCC1CCC2Cc3c(cccc3OCC(=O)O)CC12.O=C(O)CCO. The maximum absolute atomic E-state index is 10.8. The van der Waals surface area contributed by atoms with Crippen LogP contribution < -0.4 is 10.1 Å². The Morgan fingerprint density at radius 2 is 1.97 bits per heavy atom. The first-order chi connectivity index (χ1) is 14.3. The molecular weight excluding hydrogens is 390 g/mol. The number of carboxylic acid groups (broad SMARTS) is 2. The monoisotopic (exact) mass is 423 g/mol. The van der Waals surface area contributed by atoms with E-state index < -0.39 is 18.2 Å². The third-order valence-electron chi connectivity index (χ3n) is 6.09. The zero-order valence-corrected chi connectivity index (χ0v) is 17.4. The summed E-state index contributed by atoms with van der Waals surface area (Å²) < 4.78 is 5.49. The number of ether oxygens (including phenoxy) is 1. The molecule has 5 N–H and O–H groups in total. The number of fused-ring (bicyclic) bond motifs is 2. The van der Waals surface area contributed by atoms with Crippen molar-refractivity contribution in [3.63, 3.8) is 0 Å². The minimum absolute atomic E-state index is 0.153. The van der Waals surface area contributed by atoms with E-state index >= 15 is 0 Å². The minimum atomic E-state index is -0.961. The molecular formula is C22H33NO7. The van der Waals surface area contributed by atoms with Crippen LogP contribution in [0.4, 0.5) is 0 Å². The maximum Gasteiger partial charge on any atom is 0.341 e. The normalized spacial score (nSPS) is 22.8. The number of hydrogen-bond acceptors (Lipinski definition) is 6. The number of aliphatic carboxylic acids is 2. The third-order valence-corrected chi connectivity index (χ3v) is 6.09. The standard InChI is InChI=1S/C19H27NO4.C3H6O3/c1-20-18(21)8-7-12-5-6-14-10-16-13(9-15(12)14)3-2-4-17(16)24-11-19(22)23;4-2-1-3(5)6/h2-4,12,14-15,18,20-21H,5-11H2,1H3,(H,22,23);4H,1-2H2,(H,5,6). The second-order valence-electron chi connectivity index (χ2n) is 8.00. The fraction of sp³-hybridized carbons (Fsp3) is 0.636. The van der Waals surface area contributed by atoms with E-state index in [1.165, 1.54) is 24.0 Å². The van der Waals surface area contributed by atoms with Crippen molar-refractivity contribution in [1.29, 1.82) is 0 Å². The molecule has 0 aliphatic heterocycles. The number of benzene rings is 1. The van der Waals surface area contributed by atoms with Gasteiger partial charge in [0.15, 0.2) is 6.61 Å². The summed E-state index contributed by atoms with van der Waals surface area (Å²) in [7, 11) is 1.79. The fourth-order valence-corrected chi connectivity index (χ4v) is 4.62. The molecule has 0 heterocycles. The molecule has 1 fully saturated rings. The number of aliphatic hydroxyl groups is 2. The lowest BCUT2D eigenvalue weighted by molar-refractivity contribution is -0.139.